The summed E-state index contributed by atoms with van der Waals surface area (Å²) in [6.07, 6.45) is 10.9. The average molecular weight is 448 g/mol. The molecule has 0 spiro atoms. The molecule has 33 heavy (non-hydrogen) atoms. The van der Waals surface area contributed by atoms with Crippen LogP contribution in [-0.2, 0) is 10.8 Å². The van der Waals surface area contributed by atoms with Crippen LogP contribution in [0.4, 0.5) is 5.69 Å². The zero-order valence-electron chi connectivity index (χ0n) is 21.1. The Kier molecular flexibility index (Phi) is 8.05. The Labute approximate surface area is 200 Å². The van der Waals surface area contributed by atoms with E-state index in [9.17, 15) is 4.79 Å². The van der Waals surface area contributed by atoms with E-state index >= 15 is 0 Å². The van der Waals surface area contributed by atoms with Crippen molar-refractivity contribution in [3.05, 3.63) is 70.8 Å². The number of aromatic carboxylic acids is 1. The molecule has 2 aromatic rings. The number of carbonyl (C=O) groups is 1. The predicted octanol–water partition coefficient (Wildman–Crippen LogP) is 8.20. The van der Waals surface area contributed by atoms with E-state index in [2.05, 4.69) is 64.2 Å². The largest absolute Gasteiger partial charge is 0.478 e. The van der Waals surface area contributed by atoms with Gasteiger partial charge in [0.05, 0.1) is 5.56 Å². The van der Waals surface area contributed by atoms with Gasteiger partial charge in [0, 0.05) is 12.2 Å². The van der Waals surface area contributed by atoms with Gasteiger partial charge in [0.2, 0.25) is 0 Å². The first kappa shape index (κ1) is 25.1. The van der Waals surface area contributed by atoms with Crippen molar-refractivity contribution in [2.75, 3.05) is 11.9 Å². The maximum absolute atomic E-state index is 11.1. The van der Waals surface area contributed by atoms with Crippen molar-refractivity contribution in [1.29, 1.82) is 0 Å². The standard InChI is InChI=1S/C30H41NO2/c1-6-7-8-9-10-11-24(21-31-25-15-12-22(13-16-25)28(32)33)23-14-17-26-27(20-23)30(4,5)19-18-29(26,2)3/h11-17,20,31H,6-10,18-19,21H2,1-5H3,(H,32,33). The molecule has 0 amide bonds. The smallest absolute Gasteiger partial charge is 0.335 e. The summed E-state index contributed by atoms with van der Waals surface area (Å²) in [5.74, 6) is -0.895. The van der Waals surface area contributed by atoms with Crippen LogP contribution in [-0.4, -0.2) is 17.6 Å². The van der Waals surface area contributed by atoms with E-state index in [0.29, 0.717) is 5.56 Å². The number of anilines is 1. The van der Waals surface area contributed by atoms with Gasteiger partial charge in [-0.3, -0.25) is 0 Å². The summed E-state index contributed by atoms with van der Waals surface area (Å²) >= 11 is 0. The lowest BCUT2D eigenvalue weighted by Crippen LogP contribution is -2.33. The summed E-state index contributed by atoms with van der Waals surface area (Å²) in [5, 5.41) is 12.7. The van der Waals surface area contributed by atoms with Crippen molar-refractivity contribution in [2.24, 2.45) is 0 Å². The molecule has 0 heterocycles. The van der Waals surface area contributed by atoms with Crippen molar-refractivity contribution >= 4 is 17.2 Å². The molecule has 3 heteroatoms. The van der Waals surface area contributed by atoms with Gasteiger partial charge >= 0.3 is 5.97 Å². The molecule has 1 aliphatic carbocycles. The number of fused-ring (bicyclic) bond motifs is 1. The van der Waals surface area contributed by atoms with Gasteiger partial charge in [-0.1, -0.05) is 78.2 Å². The first-order valence-electron chi connectivity index (χ1n) is 12.6. The van der Waals surface area contributed by atoms with E-state index in [-0.39, 0.29) is 10.8 Å². The van der Waals surface area contributed by atoms with Crippen molar-refractivity contribution in [3.8, 4) is 0 Å². The highest BCUT2D eigenvalue weighted by Crippen LogP contribution is 2.46. The molecule has 3 rings (SSSR count). The first-order valence-corrected chi connectivity index (χ1v) is 12.6. The summed E-state index contributed by atoms with van der Waals surface area (Å²) < 4.78 is 0. The van der Waals surface area contributed by atoms with Gasteiger partial charge in [0.1, 0.15) is 0 Å². The molecular formula is C30H41NO2. The predicted molar refractivity (Wildman–Crippen MR) is 140 cm³/mol. The van der Waals surface area contributed by atoms with E-state index in [1.165, 1.54) is 60.8 Å². The van der Waals surface area contributed by atoms with Crippen LogP contribution in [0.25, 0.3) is 5.57 Å². The molecule has 2 aromatic carbocycles. The van der Waals surface area contributed by atoms with E-state index < -0.39 is 5.97 Å². The quantitative estimate of drug-likeness (QED) is 0.361. The minimum atomic E-state index is -0.895. The number of unbranched alkanes of at least 4 members (excludes halogenated alkanes) is 4. The number of hydrogen-bond donors (Lipinski definition) is 2. The summed E-state index contributed by atoms with van der Waals surface area (Å²) in [4.78, 5) is 11.1. The summed E-state index contributed by atoms with van der Waals surface area (Å²) in [5.41, 5.74) is 7.24. The molecule has 0 unspecified atom stereocenters. The van der Waals surface area contributed by atoms with Crippen LogP contribution in [0.3, 0.4) is 0 Å². The first-order chi connectivity index (χ1) is 15.6. The summed E-state index contributed by atoms with van der Waals surface area (Å²) in [7, 11) is 0. The molecule has 0 atom stereocenters. The van der Waals surface area contributed by atoms with E-state index in [1.807, 2.05) is 12.1 Å². The monoisotopic (exact) mass is 447 g/mol. The van der Waals surface area contributed by atoms with Crippen LogP contribution in [0.5, 0.6) is 0 Å². The minimum absolute atomic E-state index is 0.188. The van der Waals surface area contributed by atoms with Crippen LogP contribution in [0.2, 0.25) is 0 Å². The maximum Gasteiger partial charge on any atom is 0.335 e. The lowest BCUT2D eigenvalue weighted by molar-refractivity contribution is 0.0697. The van der Waals surface area contributed by atoms with Crippen LogP contribution >= 0.6 is 0 Å². The molecule has 0 saturated carbocycles. The molecule has 0 bridgehead atoms. The van der Waals surface area contributed by atoms with Gasteiger partial charge in [-0.25, -0.2) is 4.79 Å². The highest BCUT2D eigenvalue weighted by molar-refractivity contribution is 5.88. The van der Waals surface area contributed by atoms with Gasteiger partial charge in [0.25, 0.3) is 0 Å². The number of allylic oxidation sites excluding steroid dienone is 1. The van der Waals surface area contributed by atoms with Crippen LogP contribution in [0.1, 0.15) is 107 Å². The van der Waals surface area contributed by atoms with Crippen LogP contribution < -0.4 is 5.32 Å². The van der Waals surface area contributed by atoms with E-state index in [0.717, 1.165) is 18.7 Å². The molecule has 3 nitrogen and oxygen atoms in total. The number of carboxylic acid groups (broad SMARTS) is 1. The lowest BCUT2D eigenvalue weighted by atomic mass is 9.63. The van der Waals surface area contributed by atoms with Gasteiger partial charge in [-0.05, 0) is 83.0 Å². The SMILES string of the molecule is CCCCCCC=C(CNc1ccc(C(=O)O)cc1)c1ccc2c(c1)C(C)(C)CCC2(C)C. The highest BCUT2D eigenvalue weighted by atomic mass is 16.4. The second-order valence-electron chi connectivity index (χ2n) is 10.8. The Morgan fingerprint density at radius 3 is 2.18 bits per heavy atom. The summed E-state index contributed by atoms with van der Waals surface area (Å²) in [6, 6.07) is 14.1. The molecule has 0 radical (unpaired) electrons. The third kappa shape index (κ3) is 6.28. The van der Waals surface area contributed by atoms with Crippen molar-refractivity contribution in [3.63, 3.8) is 0 Å². The van der Waals surface area contributed by atoms with Crippen molar-refractivity contribution in [1.82, 2.24) is 0 Å². The molecule has 0 fully saturated rings. The van der Waals surface area contributed by atoms with Gasteiger partial charge in [-0.2, -0.15) is 0 Å². The number of benzene rings is 2. The molecule has 0 aliphatic heterocycles. The third-order valence-electron chi connectivity index (χ3n) is 7.29. The fourth-order valence-corrected chi connectivity index (χ4v) is 4.86. The zero-order chi connectivity index (χ0) is 24.1. The Hall–Kier alpha value is -2.55. The second kappa shape index (κ2) is 10.6. The van der Waals surface area contributed by atoms with Crippen LogP contribution in [0, 0.1) is 0 Å². The Morgan fingerprint density at radius 2 is 1.55 bits per heavy atom. The average Bonchev–Trinajstić information content (AvgIpc) is 2.79. The third-order valence-corrected chi connectivity index (χ3v) is 7.29. The number of rotatable bonds is 10. The fourth-order valence-electron chi connectivity index (χ4n) is 4.86. The Balaban J connectivity index is 1.86. The molecule has 0 saturated heterocycles. The molecule has 1 aliphatic rings. The maximum atomic E-state index is 11.1. The van der Waals surface area contributed by atoms with E-state index in [4.69, 9.17) is 5.11 Å². The highest BCUT2D eigenvalue weighted by Gasteiger charge is 2.37. The van der Waals surface area contributed by atoms with Crippen molar-refractivity contribution < 1.29 is 9.90 Å². The number of nitrogens with one attached hydrogen (secondary N) is 1. The number of carboxylic acids is 1. The lowest BCUT2D eigenvalue weighted by Gasteiger charge is -2.42. The van der Waals surface area contributed by atoms with Crippen molar-refractivity contribution in [2.45, 2.75) is 90.4 Å². The van der Waals surface area contributed by atoms with Gasteiger partial charge in [-0.15, -0.1) is 0 Å². The normalized spacial score (nSPS) is 16.8. The Bertz CT molecular complexity index is 983. The minimum Gasteiger partial charge on any atom is -0.478 e. The van der Waals surface area contributed by atoms with E-state index in [1.54, 1.807) is 12.1 Å². The fraction of sp³-hybridized carbons (Fsp3) is 0.500. The molecule has 2 N–H and O–H groups in total. The second-order valence-corrected chi connectivity index (χ2v) is 10.8. The molecule has 178 valence electrons. The number of hydrogen-bond acceptors (Lipinski definition) is 2. The van der Waals surface area contributed by atoms with Crippen LogP contribution in [0.15, 0.2) is 48.5 Å². The zero-order valence-corrected chi connectivity index (χ0v) is 21.1. The van der Waals surface area contributed by atoms with Gasteiger partial charge < -0.3 is 10.4 Å². The molecular weight excluding hydrogens is 406 g/mol. The molecule has 0 aromatic heterocycles. The summed E-state index contributed by atoms with van der Waals surface area (Å²) in [6.45, 7) is 12.5. The Morgan fingerprint density at radius 1 is 0.909 bits per heavy atom. The van der Waals surface area contributed by atoms with Gasteiger partial charge in [0.15, 0.2) is 0 Å². The topological polar surface area (TPSA) is 49.3 Å².